The van der Waals surface area contributed by atoms with Crippen LogP contribution in [0.5, 0.6) is 0 Å². The number of carbonyl (C=O) groups excluding carboxylic acids is 1. The molecular formula is C17H18N6OS2. The molecule has 1 N–H and O–H groups in total. The second-order valence-corrected chi connectivity index (χ2v) is 7.98. The first kappa shape index (κ1) is 17.2. The predicted molar refractivity (Wildman–Crippen MR) is 102 cm³/mol. The van der Waals surface area contributed by atoms with Gasteiger partial charge in [-0.05, 0) is 31.4 Å². The summed E-state index contributed by atoms with van der Waals surface area (Å²) in [6.45, 7) is 2.01. The van der Waals surface area contributed by atoms with Crippen molar-refractivity contribution in [3.8, 4) is 5.69 Å². The third-order valence-electron chi connectivity index (χ3n) is 3.96. The molecule has 0 aliphatic heterocycles. The van der Waals surface area contributed by atoms with Crippen LogP contribution in [0.2, 0.25) is 0 Å². The first-order valence-corrected chi connectivity index (χ1v) is 10.3. The van der Waals surface area contributed by atoms with E-state index in [-0.39, 0.29) is 11.7 Å². The Balaban J connectivity index is 1.47. The number of para-hydroxylation sites is 1. The van der Waals surface area contributed by atoms with Crippen molar-refractivity contribution in [1.29, 1.82) is 0 Å². The Morgan fingerprint density at radius 3 is 2.73 bits per heavy atom. The molecular weight excluding hydrogens is 368 g/mol. The Morgan fingerprint density at radius 2 is 2.04 bits per heavy atom. The number of hydrogen-bond donors (Lipinski definition) is 1. The monoisotopic (exact) mass is 386 g/mol. The zero-order valence-corrected chi connectivity index (χ0v) is 15.9. The van der Waals surface area contributed by atoms with Crippen LogP contribution in [-0.4, -0.2) is 36.6 Å². The highest BCUT2D eigenvalue weighted by Gasteiger charge is 2.31. The van der Waals surface area contributed by atoms with Crippen LogP contribution in [0.3, 0.4) is 0 Å². The molecule has 1 aromatic carbocycles. The van der Waals surface area contributed by atoms with Crippen molar-refractivity contribution in [3.05, 3.63) is 41.2 Å². The first-order valence-electron chi connectivity index (χ1n) is 8.50. The highest BCUT2D eigenvalue weighted by Crippen LogP contribution is 2.41. The fourth-order valence-corrected chi connectivity index (χ4v) is 3.99. The highest BCUT2D eigenvalue weighted by molar-refractivity contribution is 7.99. The Bertz CT molecular complexity index is 903. The van der Waals surface area contributed by atoms with Crippen LogP contribution in [0.15, 0.2) is 35.5 Å². The van der Waals surface area contributed by atoms with Gasteiger partial charge in [-0.3, -0.25) is 14.7 Å². The van der Waals surface area contributed by atoms with E-state index < -0.39 is 0 Å². The molecule has 9 heteroatoms. The topological polar surface area (TPSA) is 85.6 Å². The van der Waals surface area contributed by atoms with Crippen molar-refractivity contribution < 1.29 is 4.79 Å². The van der Waals surface area contributed by atoms with Gasteiger partial charge in [-0.25, -0.2) is 0 Å². The van der Waals surface area contributed by atoms with Crippen molar-refractivity contribution in [1.82, 2.24) is 25.0 Å². The average Bonchev–Trinajstić information content (AvgIpc) is 3.26. The SMILES string of the molecule is CCc1nnc(NC(=O)CSc2nnc(C3CC3)n2-c2ccccc2)s1. The number of aryl methyl sites for hydroxylation is 1. The lowest BCUT2D eigenvalue weighted by atomic mass is 10.3. The van der Waals surface area contributed by atoms with Crippen molar-refractivity contribution in [2.45, 2.75) is 37.3 Å². The summed E-state index contributed by atoms with van der Waals surface area (Å²) in [4.78, 5) is 12.2. The Kier molecular flexibility index (Phi) is 4.98. The maximum Gasteiger partial charge on any atom is 0.236 e. The first-order chi connectivity index (χ1) is 12.7. The van der Waals surface area contributed by atoms with E-state index in [0.717, 1.165) is 40.9 Å². The van der Waals surface area contributed by atoms with Gasteiger partial charge in [-0.2, -0.15) is 0 Å². The molecule has 2 aromatic heterocycles. The summed E-state index contributed by atoms with van der Waals surface area (Å²) in [7, 11) is 0. The number of aromatic nitrogens is 5. The molecule has 0 saturated heterocycles. The number of carbonyl (C=O) groups is 1. The maximum absolute atomic E-state index is 12.2. The van der Waals surface area contributed by atoms with Gasteiger partial charge >= 0.3 is 0 Å². The maximum atomic E-state index is 12.2. The van der Waals surface area contributed by atoms with Crippen molar-refractivity contribution >= 4 is 34.1 Å². The normalized spacial score (nSPS) is 13.7. The molecule has 3 aromatic rings. The average molecular weight is 387 g/mol. The lowest BCUT2D eigenvalue weighted by molar-refractivity contribution is -0.113. The smallest absolute Gasteiger partial charge is 0.236 e. The highest BCUT2D eigenvalue weighted by atomic mass is 32.2. The van der Waals surface area contributed by atoms with Crippen LogP contribution in [0.25, 0.3) is 5.69 Å². The minimum absolute atomic E-state index is 0.121. The van der Waals surface area contributed by atoms with Crippen LogP contribution in [0, 0.1) is 0 Å². The number of thioether (sulfide) groups is 1. The molecule has 0 spiro atoms. The molecule has 1 fully saturated rings. The van der Waals surface area contributed by atoms with E-state index in [2.05, 4.69) is 30.3 Å². The number of anilines is 1. The number of benzene rings is 1. The number of nitrogens with zero attached hydrogens (tertiary/aromatic N) is 5. The second kappa shape index (κ2) is 7.55. The van der Waals surface area contributed by atoms with Crippen molar-refractivity contribution in [3.63, 3.8) is 0 Å². The van der Waals surface area contributed by atoms with Gasteiger partial charge in [0.25, 0.3) is 0 Å². The Hall–Kier alpha value is -2.26. The van der Waals surface area contributed by atoms with E-state index in [9.17, 15) is 4.79 Å². The molecule has 26 heavy (non-hydrogen) atoms. The molecule has 1 amide bonds. The molecule has 2 heterocycles. The predicted octanol–water partition coefficient (Wildman–Crippen LogP) is 3.29. The van der Waals surface area contributed by atoms with E-state index in [4.69, 9.17) is 0 Å². The van der Waals surface area contributed by atoms with Crippen LogP contribution in [0.1, 0.15) is 36.5 Å². The lowest BCUT2D eigenvalue weighted by Crippen LogP contribution is -2.14. The Labute approximate surface area is 159 Å². The molecule has 0 radical (unpaired) electrons. The van der Waals surface area contributed by atoms with Gasteiger partial charge in [0.2, 0.25) is 11.0 Å². The largest absolute Gasteiger partial charge is 0.300 e. The van der Waals surface area contributed by atoms with Crippen LogP contribution in [-0.2, 0) is 11.2 Å². The van der Waals surface area contributed by atoms with Gasteiger partial charge in [0.1, 0.15) is 10.8 Å². The quantitative estimate of drug-likeness (QED) is 0.627. The summed E-state index contributed by atoms with van der Waals surface area (Å²) in [5.74, 6) is 1.58. The molecule has 7 nitrogen and oxygen atoms in total. The summed E-state index contributed by atoms with van der Waals surface area (Å²) in [6.07, 6.45) is 3.10. The number of amides is 1. The van der Waals surface area contributed by atoms with Gasteiger partial charge in [0, 0.05) is 11.6 Å². The third-order valence-corrected chi connectivity index (χ3v) is 5.88. The summed E-state index contributed by atoms with van der Waals surface area (Å²) in [6, 6.07) is 10.0. The van der Waals surface area contributed by atoms with Crippen LogP contribution < -0.4 is 5.32 Å². The standard InChI is InChI=1S/C17H18N6OS2/c1-2-14-19-21-16(26-14)18-13(24)10-25-17-22-20-15(11-8-9-11)23(17)12-6-4-3-5-7-12/h3-7,11H,2,8-10H2,1H3,(H,18,21,24). The van der Waals surface area contributed by atoms with Gasteiger partial charge in [-0.1, -0.05) is 48.2 Å². The molecule has 0 atom stereocenters. The zero-order chi connectivity index (χ0) is 17.9. The molecule has 0 unspecified atom stereocenters. The van der Waals surface area contributed by atoms with Gasteiger partial charge < -0.3 is 0 Å². The van der Waals surface area contributed by atoms with Crippen molar-refractivity contribution in [2.75, 3.05) is 11.1 Å². The minimum atomic E-state index is -0.121. The lowest BCUT2D eigenvalue weighted by Gasteiger charge is -2.09. The van der Waals surface area contributed by atoms with Crippen LogP contribution >= 0.6 is 23.1 Å². The van der Waals surface area contributed by atoms with E-state index in [1.54, 1.807) is 0 Å². The minimum Gasteiger partial charge on any atom is -0.300 e. The third kappa shape index (κ3) is 3.78. The number of nitrogens with one attached hydrogen (secondary N) is 1. The molecule has 134 valence electrons. The van der Waals surface area contributed by atoms with Gasteiger partial charge in [-0.15, -0.1) is 20.4 Å². The zero-order valence-electron chi connectivity index (χ0n) is 14.3. The van der Waals surface area contributed by atoms with E-state index >= 15 is 0 Å². The van der Waals surface area contributed by atoms with Crippen LogP contribution in [0.4, 0.5) is 5.13 Å². The van der Waals surface area contributed by atoms with Gasteiger partial charge in [0.05, 0.1) is 5.75 Å². The fraction of sp³-hybridized carbons (Fsp3) is 0.353. The number of rotatable bonds is 7. The molecule has 1 aliphatic rings. The molecule has 0 bridgehead atoms. The molecule has 1 aliphatic carbocycles. The summed E-state index contributed by atoms with van der Waals surface area (Å²) in [5, 5.41) is 21.7. The fourth-order valence-electron chi connectivity index (χ4n) is 2.53. The van der Waals surface area contributed by atoms with E-state index in [0.29, 0.717) is 11.0 Å². The van der Waals surface area contributed by atoms with E-state index in [1.807, 2.05) is 37.3 Å². The van der Waals surface area contributed by atoms with E-state index in [1.165, 1.54) is 23.1 Å². The Morgan fingerprint density at radius 1 is 1.23 bits per heavy atom. The van der Waals surface area contributed by atoms with Gasteiger partial charge in [0.15, 0.2) is 5.16 Å². The second-order valence-electron chi connectivity index (χ2n) is 5.98. The summed E-state index contributed by atoms with van der Waals surface area (Å²) in [5.41, 5.74) is 1.03. The van der Waals surface area contributed by atoms with Crippen molar-refractivity contribution in [2.24, 2.45) is 0 Å². The summed E-state index contributed by atoms with van der Waals surface area (Å²) < 4.78 is 2.07. The molecule has 4 rings (SSSR count). The number of hydrogen-bond acceptors (Lipinski definition) is 7. The summed E-state index contributed by atoms with van der Waals surface area (Å²) >= 11 is 2.78. The molecule has 1 saturated carbocycles.